The van der Waals surface area contributed by atoms with Gasteiger partial charge in [-0.25, -0.2) is 15.2 Å². The number of thiazole rings is 1. The van der Waals surface area contributed by atoms with E-state index >= 15 is 0 Å². The highest BCUT2D eigenvalue weighted by Crippen LogP contribution is 2.32. The molecule has 1 aromatic heterocycles. The van der Waals surface area contributed by atoms with Gasteiger partial charge in [-0.2, -0.15) is 5.10 Å². The molecule has 1 heterocycles. The van der Waals surface area contributed by atoms with Crippen LogP contribution in [0.4, 0.5) is 21.3 Å². The van der Waals surface area contributed by atoms with Gasteiger partial charge in [0.2, 0.25) is 5.91 Å². The van der Waals surface area contributed by atoms with Crippen molar-refractivity contribution in [2.45, 2.75) is 20.8 Å². The fourth-order valence-electron chi connectivity index (χ4n) is 2.66. The average Bonchev–Trinajstić information content (AvgIpc) is 3.14. The molecule has 0 aliphatic carbocycles. The third-order valence-corrected chi connectivity index (χ3v) is 5.07. The van der Waals surface area contributed by atoms with E-state index in [2.05, 4.69) is 20.8 Å². The summed E-state index contributed by atoms with van der Waals surface area (Å²) in [6.45, 7) is 5.49. The molecule has 0 bridgehead atoms. The monoisotopic (exact) mass is 407 g/mol. The quantitative estimate of drug-likeness (QED) is 0.479. The molecule has 8 heteroatoms. The lowest BCUT2D eigenvalue weighted by atomic mass is 10.1. The molecule has 0 aliphatic rings. The zero-order chi connectivity index (χ0) is 20.8. The molecule has 2 N–H and O–H groups in total. The molecule has 148 valence electrons. The normalized spacial score (nSPS) is 10.7. The molecule has 0 radical (unpaired) electrons. The molecule has 7 nitrogen and oxygen atoms in total. The molecule has 2 aromatic carbocycles. The Balaban J connectivity index is 1.70. The lowest BCUT2D eigenvalue weighted by molar-refractivity contribution is -0.115. The van der Waals surface area contributed by atoms with Crippen molar-refractivity contribution in [2.24, 2.45) is 5.10 Å². The third-order valence-electron chi connectivity index (χ3n) is 4.23. The Morgan fingerprint density at radius 3 is 2.59 bits per heavy atom. The summed E-state index contributed by atoms with van der Waals surface area (Å²) in [6.07, 6.45) is 1.44. The van der Waals surface area contributed by atoms with Crippen molar-refractivity contribution in [3.8, 4) is 0 Å². The summed E-state index contributed by atoms with van der Waals surface area (Å²) < 4.78 is 0. The Morgan fingerprint density at radius 1 is 1.10 bits per heavy atom. The van der Waals surface area contributed by atoms with Gasteiger partial charge >= 0.3 is 6.03 Å². The summed E-state index contributed by atoms with van der Waals surface area (Å²) >= 11 is 1.33. The van der Waals surface area contributed by atoms with E-state index in [9.17, 15) is 9.59 Å². The molecule has 0 saturated carbocycles. The van der Waals surface area contributed by atoms with Crippen LogP contribution in [0.2, 0.25) is 0 Å². The molecule has 29 heavy (non-hydrogen) atoms. The van der Waals surface area contributed by atoms with Gasteiger partial charge < -0.3 is 5.32 Å². The maximum absolute atomic E-state index is 12.3. The van der Waals surface area contributed by atoms with Gasteiger partial charge in [0.25, 0.3) is 0 Å². The van der Waals surface area contributed by atoms with Crippen LogP contribution in [0, 0.1) is 13.8 Å². The molecule has 0 saturated heterocycles. The first-order valence-electron chi connectivity index (χ1n) is 8.93. The lowest BCUT2D eigenvalue weighted by Crippen LogP contribution is -2.24. The number of para-hydroxylation sites is 1. The topological polar surface area (TPSA) is 86.7 Å². The van der Waals surface area contributed by atoms with Crippen molar-refractivity contribution in [1.82, 2.24) is 10.4 Å². The number of nitrogens with one attached hydrogen (secondary N) is 2. The first kappa shape index (κ1) is 20.2. The van der Waals surface area contributed by atoms with Gasteiger partial charge in [-0.15, -0.1) is 11.3 Å². The number of rotatable bonds is 5. The van der Waals surface area contributed by atoms with Crippen molar-refractivity contribution in [3.63, 3.8) is 0 Å². The minimum Gasteiger partial charge on any atom is -0.307 e. The van der Waals surface area contributed by atoms with Crippen LogP contribution in [0.1, 0.15) is 23.7 Å². The summed E-state index contributed by atoms with van der Waals surface area (Å²) in [5.74, 6) is -0.128. The van der Waals surface area contributed by atoms with Gasteiger partial charge in [-0.05, 0) is 43.2 Å². The number of aromatic nitrogens is 1. The number of benzene rings is 2. The van der Waals surface area contributed by atoms with E-state index in [1.807, 2.05) is 50.2 Å². The van der Waals surface area contributed by atoms with Crippen LogP contribution in [0.3, 0.4) is 0 Å². The van der Waals surface area contributed by atoms with Gasteiger partial charge in [-0.3, -0.25) is 9.69 Å². The summed E-state index contributed by atoms with van der Waals surface area (Å²) in [5, 5.41) is 8.90. The Hall–Kier alpha value is -3.52. The smallest absolute Gasteiger partial charge is 0.307 e. The fourth-order valence-corrected chi connectivity index (χ4v) is 3.49. The number of anilines is 3. The second kappa shape index (κ2) is 9.11. The minimum atomic E-state index is -0.455. The largest absolute Gasteiger partial charge is 0.339 e. The Labute approximate surface area is 173 Å². The fraction of sp³-hybridized carbons (Fsp3) is 0.143. The second-order valence-electron chi connectivity index (χ2n) is 6.32. The maximum atomic E-state index is 12.3. The number of carbonyl (C=O) groups is 2. The van der Waals surface area contributed by atoms with Gasteiger partial charge in [0.05, 0.1) is 17.6 Å². The molecule has 0 aliphatic heterocycles. The molecule has 0 fully saturated rings. The van der Waals surface area contributed by atoms with Crippen molar-refractivity contribution in [3.05, 3.63) is 70.7 Å². The van der Waals surface area contributed by atoms with Gasteiger partial charge in [0.15, 0.2) is 5.13 Å². The number of carbonyl (C=O) groups excluding carboxylic acids is 2. The molecule has 3 rings (SSSR count). The van der Waals surface area contributed by atoms with Crippen molar-refractivity contribution in [2.75, 3.05) is 10.2 Å². The van der Waals surface area contributed by atoms with Crippen LogP contribution in [-0.2, 0) is 4.79 Å². The average molecular weight is 407 g/mol. The van der Waals surface area contributed by atoms with Crippen molar-refractivity contribution >= 4 is 46.0 Å². The van der Waals surface area contributed by atoms with Gasteiger partial charge in [0.1, 0.15) is 0 Å². The highest BCUT2D eigenvalue weighted by molar-refractivity contribution is 7.14. The molecule has 0 atom stereocenters. The number of hydrogen-bond donors (Lipinski definition) is 2. The van der Waals surface area contributed by atoms with E-state index in [1.54, 1.807) is 22.4 Å². The summed E-state index contributed by atoms with van der Waals surface area (Å²) in [5.41, 5.74) is 6.52. The van der Waals surface area contributed by atoms with Gasteiger partial charge in [-0.1, -0.05) is 30.3 Å². The Morgan fingerprint density at radius 2 is 1.86 bits per heavy atom. The number of urea groups is 1. The van der Waals surface area contributed by atoms with Crippen molar-refractivity contribution in [1.29, 1.82) is 0 Å². The van der Waals surface area contributed by atoms with E-state index in [0.29, 0.717) is 16.5 Å². The van der Waals surface area contributed by atoms with Crippen LogP contribution in [0.5, 0.6) is 0 Å². The minimum absolute atomic E-state index is 0.128. The van der Waals surface area contributed by atoms with E-state index < -0.39 is 6.03 Å². The zero-order valence-electron chi connectivity index (χ0n) is 16.3. The zero-order valence-corrected chi connectivity index (χ0v) is 17.2. The molecule has 0 spiro atoms. The number of aryl methyl sites for hydroxylation is 1. The predicted molar refractivity (Wildman–Crippen MR) is 117 cm³/mol. The van der Waals surface area contributed by atoms with E-state index in [0.717, 1.165) is 16.8 Å². The highest BCUT2D eigenvalue weighted by Gasteiger charge is 2.20. The summed E-state index contributed by atoms with van der Waals surface area (Å²) in [6, 6.07) is 14.4. The lowest BCUT2D eigenvalue weighted by Gasteiger charge is -2.21. The SMILES string of the molecule is CC(=O)N(c1nc(/C=N\NC(=O)Nc2ccccc2)cs1)c1cccc(C)c1C. The Kier molecular flexibility index (Phi) is 6.36. The first-order chi connectivity index (χ1) is 14.0. The third kappa shape index (κ3) is 5.05. The number of nitrogens with zero attached hydrogens (tertiary/aromatic N) is 3. The van der Waals surface area contributed by atoms with Gasteiger partial charge in [0, 0.05) is 18.0 Å². The number of hydrogen-bond acceptors (Lipinski definition) is 5. The molecular formula is C21H21N5O2S. The Bertz CT molecular complexity index is 1050. The predicted octanol–water partition coefficient (Wildman–Crippen LogP) is 4.60. The van der Waals surface area contributed by atoms with Crippen LogP contribution in [0.25, 0.3) is 0 Å². The molecule has 0 unspecified atom stereocenters. The van der Waals surface area contributed by atoms with E-state index in [4.69, 9.17) is 0 Å². The van der Waals surface area contributed by atoms with E-state index in [1.165, 1.54) is 24.5 Å². The highest BCUT2D eigenvalue weighted by atomic mass is 32.1. The summed E-state index contributed by atoms with van der Waals surface area (Å²) in [4.78, 5) is 30.2. The van der Waals surface area contributed by atoms with E-state index in [-0.39, 0.29) is 5.91 Å². The standard InChI is InChI=1S/C21H21N5O2S/c1-14-8-7-11-19(15(14)2)26(16(3)27)21-24-18(13-29-21)12-22-25-20(28)23-17-9-5-4-6-10-17/h4-13H,1-3H3,(H2,23,25,28)/b22-12-. The van der Waals surface area contributed by atoms with Crippen molar-refractivity contribution < 1.29 is 9.59 Å². The van der Waals surface area contributed by atoms with Crippen LogP contribution >= 0.6 is 11.3 Å². The van der Waals surface area contributed by atoms with Crippen LogP contribution < -0.4 is 15.6 Å². The molecule has 3 aromatic rings. The summed E-state index contributed by atoms with van der Waals surface area (Å²) in [7, 11) is 0. The van der Waals surface area contributed by atoms with Crippen LogP contribution in [-0.4, -0.2) is 23.1 Å². The number of amides is 3. The first-order valence-corrected chi connectivity index (χ1v) is 9.81. The molecule has 3 amide bonds. The second-order valence-corrected chi connectivity index (χ2v) is 7.16. The van der Waals surface area contributed by atoms with Crippen LogP contribution in [0.15, 0.2) is 59.0 Å². The molecular weight excluding hydrogens is 386 g/mol. The number of hydrazone groups is 1. The maximum Gasteiger partial charge on any atom is 0.339 e.